The van der Waals surface area contributed by atoms with Crippen LogP contribution in [0.25, 0.3) is 0 Å². The first-order valence-corrected chi connectivity index (χ1v) is 6.88. The van der Waals surface area contributed by atoms with E-state index in [1.165, 1.54) is 12.1 Å². The Kier molecular flexibility index (Phi) is 5.95. The van der Waals surface area contributed by atoms with Crippen LogP contribution < -0.4 is 5.32 Å². The summed E-state index contributed by atoms with van der Waals surface area (Å²) in [5.41, 5.74) is 3.06. The molecule has 0 aliphatic rings. The van der Waals surface area contributed by atoms with Crippen molar-refractivity contribution >= 4 is 11.3 Å². The molecule has 2 unspecified atom stereocenters. The van der Waals surface area contributed by atoms with E-state index in [1.807, 2.05) is 5.51 Å². The van der Waals surface area contributed by atoms with Crippen molar-refractivity contribution in [2.24, 2.45) is 0 Å². The maximum atomic E-state index is 4.31. The van der Waals surface area contributed by atoms with Crippen LogP contribution in [0.1, 0.15) is 32.9 Å². The second-order valence-corrected chi connectivity index (χ2v) is 5.18. The average Bonchev–Trinajstić information content (AvgIpc) is 2.77. The SMILES string of the molecule is CCC(C)NCC(C)N(C)Cc1cscn1. The highest BCUT2D eigenvalue weighted by Gasteiger charge is 2.11. The zero-order valence-corrected chi connectivity index (χ0v) is 11.5. The summed E-state index contributed by atoms with van der Waals surface area (Å²) in [5.74, 6) is 0. The molecule has 0 aliphatic carbocycles. The van der Waals surface area contributed by atoms with Crippen molar-refractivity contribution in [3.05, 3.63) is 16.6 Å². The first kappa shape index (κ1) is 13.6. The van der Waals surface area contributed by atoms with Gasteiger partial charge in [-0.15, -0.1) is 11.3 Å². The van der Waals surface area contributed by atoms with Gasteiger partial charge in [-0.25, -0.2) is 4.98 Å². The largest absolute Gasteiger partial charge is 0.313 e. The summed E-state index contributed by atoms with van der Waals surface area (Å²) in [6, 6.07) is 1.14. The Bertz CT molecular complexity index is 274. The minimum atomic E-state index is 0.538. The topological polar surface area (TPSA) is 28.2 Å². The fourth-order valence-corrected chi connectivity index (χ4v) is 1.95. The average molecular weight is 241 g/mol. The predicted molar refractivity (Wildman–Crippen MR) is 70.8 cm³/mol. The Labute approximate surface area is 103 Å². The van der Waals surface area contributed by atoms with Crippen molar-refractivity contribution in [3.63, 3.8) is 0 Å². The number of nitrogens with zero attached hydrogens (tertiary/aromatic N) is 2. The fraction of sp³-hybridized carbons (Fsp3) is 0.750. The molecule has 3 nitrogen and oxygen atoms in total. The zero-order chi connectivity index (χ0) is 12.0. The number of nitrogens with one attached hydrogen (secondary N) is 1. The van der Waals surface area contributed by atoms with Crippen LogP contribution in [0.4, 0.5) is 0 Å². The van der Waals surface area contributed by atoms with Gasteiger partial charge >= 0.3 is 0 Å². The van der Waals surface area contributed by atoms with E-state index in [0.29, 0.717) is 12.1 Å². The van der Waals surface area contributed by atoms with Crippen LogP contribution in [-0.4, -0.2) is 35.6 Å². The lowest BCUT2D eigenvalue weighted by atomic mass is 10.2. The van der Waals surface area contributed by atoms with E-state index in [-0.39, 0.29) is 0 Å². The second-order valence-electron chi connectivity index (χ2n) is 4.46. The van der Waals surface area contributed by atoms with Crippen LogP contribution in [0.15, 0.2) is 10.9 Å². The van der Waals surface area contributed by atoms with E-state index >= 15 is 0 Å². The van der Waals surface area contributed by atoms with E-state index in [2.05, 4.69) is 48.4 Å². The van der Waals surface area contributed by atoms with Crippen molar-refractivity contribution in [2.75, 3.05) is 13.6 Å². The van der Waals surface area contributed by atoms with Gasteiger partial charge in [-0.05, 0) is 27.3 Å². The van der Waals surface area contributed by atoms with Gasteiger partial charge in [0.1, 0.15) is 0 Å². The maximum Gasteiger partial charge on any atom is 0.0795 e. The molecule has 16 heavy (non-hydrogen) atoms. The number of rotatable bonds is 7. The van der Waals surface area contributed by atoms with E-state index in [0.717, 1.165) is 13.1 Å². The Hall–Kier alpha value is -0.450. The quantitative estimate of drug-likeness (QED) is 0.794. The molecule has 1 N–H and O–H groups in total. The molecule has 0 saturated carbocycles. The van der Waals surface area contributed by atoms with Crippen LogP contribution in [0, 0.1) is 0 Å². The molecule has 0 spiro atoms. The van der Waals surface area contributed by atoms with Gasteiger partial charge < -0.3 is 5.32 Å². The molecule has 2 atom stereocenters. The third-order valence-corrected chi connectivity index (χ3v) is 3.66. The minimum absolute atomic E-state index is 0.538. The zero-order valence-electron chi connectivity index (χ0n) is 10.7. The number of hydrogen-bond donors (Lipinski definition) is 1. The molecular weight excluding hydrogens is 218 g/mol. The number of likely N-dealkylation sites (N-methyl/N-ethyl adjacent to an activating group) is 1. The van der Waals surface area contributed by atoms with Crippen LogP contribution in [0.2, 0.25) is 0 Å². The summed E-state index contributed by atoms with van der Waals surface area (Å²) in [4.78, 5) is 6.64. The van der Waals surface area contributed by atoms with Crippen LogP contribution in [-0.2, 0) is 6.54 Å². The normalized spacial score (nSPS) is 15.3. The summed E-state index contributed by atoms with van der Waals surface area (Å²) in [5, 5.41) is 5.65. The lowest BCUT2D eigenvalue weighted by molar-refractivity contribution is 0.235. The highest BCUT2D eigenvalue weighted by Crippen LogP contribution is 2.06. The van der Waals surface area contributed by atoms with Crippen molar-refractivity contribution in [3.8, 4) is 0 Å². The van der Waals surface area contributed by atoms with Gasteiger partial charge in [-0.1, -0.05) is 6.92 Å². The molecule has 1 heterocycles. The van der Waals surface area contributed by atoms with Crippen molar-refractivity contribution in [1.82, 2.24) is 15.2 Å². The van der Waals surface area contributed by atoms with Gasteiger partial charge in [0, 0.05) is 30.6 Å². The van der Waals surface area contributed by atoms with Crippen LogP contribution >= 0.6 is 11.3 Å². The van der Waals surface area contributed by atoms with Gasteiger partial charge in [0.25, 0.3) is 0 Å². The second kappa shape index (κ2) is 6.99. The summed E-state index contributed by atoms with van der Waals surface area (Å²) in [6.45, 7) is 8.67. The third-order valence-electron chi connectivity index (χ3n) is 3.02. The Balaban J connectivity index is 2.27. The standard InChI is InChI=1S/C12H23N3S/c1-5-10(2)13-6-11(3)15(4)7-12-8-16-9-14-12/h8-11,13H,5-7H2,1-4H3. The number of thiazole rings is 1. The summed E-state index contributed by atoms with van der Waals surface area (Å²) in [7, 11) is 2.16. The van der Waals surface area contributed by atoms with Crippen LogP contribution in [0.5, 0.6) is 0 Å². The van der Waals surface area contributed by atoms with Gasteiger partial charge in [0.2, 0.25) is 0 Å². The molecule has 1 aromatic rings. The fourth-order valence-electron chi connectivity index (χ4n) is 1.40. The molecule has 0 aliphatic heterocycles. The molecule has 0 amide bonds. The Morgan fingerprint density at radius 3 is 2.81 bits per heavy atom. The first-order chi connectivity index (χ1) is 7.63. The first-order valence-electron chi connectivity index (χ1n) is 5.94. The monoisotopic (exact) mass is 241 g/mol. The third kappa shape index (κ3) is 4.60. The smallest absolute Gasteiger partial charge is 0.0795 e. The molecule has 0 fully saturated rings. The maximum absolute atomic E-state index is 4.31. The number of hydrogen-bond acceptors (Lipinski definition) is 4. The van der Waals surface area contributed by atoms with Gasteiger partial charge in [0.05, 0.1) is 11.2 Å². The molecule has 0 bridgehead atoms. The summed E-state index contributed by atoms with van der Waals surface area (Å²) in [6.07, 6.45) is 1.18. The van der Waals surface area contributed by atoms with E-state index < -0.39 is 0 Å². The van der Waals surface area contributed by atoms with E-state index in [4.69, 9.17) is 0 Å². The lowest BCUT2D eigenvalue weighted by Gasteiger charge is -2.25. The Morgan fingerprint density at radius 2 is 2.25 bits per heavy atom. The molecular formula is C12H23N3S. The van der Waals surface area contributed by atoms with Gasteiger partial charge in [0.15, 0.2) is 0 Å². The molecule has 0 aromatic carbocycles. The van der Waals surface area contributed by atoms with Gasteiger partial charge in [-0.3, -0.25) is 4.90 Å². The van der Waals surface area contributed by atoms with Gasteiger partial charge in [-0.2, -0.15) is 0 Å². The summed E-state index contributed by atoms with van der Waals surface area (Å²) < 4.78 is 0. The van der Waals surface area contributed by atoms with Crippen molar-refractivity contribution in [2.45, 2.75) is 45.8 Å². The van der Waals surface area contributed by atoms with Crippen molar-refractivity contribution < 1.29 is 0 Å². The molecule has 4 heteroatoms. The molecule has 0 saturated heterocycles. The highest BCUT2D eigenvalue weighted by molar-refractivity contribution is 7.07. The molecule has 1 rings (SSSR count). The summed E-state index contributed by atoms with van der Waals surface area (Å²) >= 11 is 1.66. The highest BCUT2D eigenvalue weighted by atomic mass is 32.1. The molecule has 92 valence electrons. The van der Waals surface area contributed by atoms with E-state index in [1.54, 1.807) is 11.3 Å². The van der Waals surface area contributed by atoms with Crippen molar-refractivity contribution in [1.29, 1.82) is 0 Å². The number of aromatic nitrogens is 1. The molecule has 1 aromatic heterocycles. The minimum Gasteiger partial charge on any atom is -0.313 e. The Morgan fingerprint density at radius 1 is 1.50 bits per heavy atom. The predicted octanol–water partition coefficient (Wildman–Crippen LogP) is 2.35. The lowest BCUT2D eigenvalue weighted by Crippen LogP contribution is -2.40. The van der Waals surface area contributed by atoms with E-state index in [9.17, 15) is 0 Å². The van der Waals surface area contributed by atoms with Crippen LogP contribution in [0.3, 0.4) is 0 Å². The molecule has 0 radical (unpaired) electrons.